The number of ether oxygens (including phenoxy) is 1. The number of carboxylic acid groups (broad SMARTS) is 1. The van der Waals surface area contributed by atoms with Crippen molar-refractivity contribution in [1.29, 1.82) is 0 Å². The molecule has 8 heteroatoms. The third-order valence-electron chi connectivity index (χ3n) is 3.78. The van der Waals surface area contributed by atoms with Crippen molar-refractivity contribution in [3.8, 4) is 11.5 Å². The second kappa shape index (κ2) is 8.16. The second-order valence-electron chi connectivity index (χ2n) is 5.57. The minimum atomic E-state index is -4.89. The average molecular weight is 394 g/mol. The van der Waals surface area contributed by atoms with Gasteiger partial charge in [-0.2, -0.15) is 13.2 Å². The molecule has 1 unspecified atom stereocenters. The van der Waals surface area contributed by atoms with Crippen molar-refractivity contribution in [3.05, 3.63) is 64.7 Å². The van der Waals surface area contributed by atoms with Gasteiger partial charge in [-0.3, -0.25) is 4.79 Å². The first-order chi connectivity index (χ1) is 13.2. The molecule has 0 aromatic heterocycles. The van der Waals surface area contributed by atoms with Crippen LogP contribution in [0.2, 0.25) is 0 Å². The van der Waals surface area contributed by atoms with Crippen molar-refractivity contribution in [2.45, 2.75) is 26.1 Å². The smallest absolute Gasteiger partial charge is 0.430 e. The maximum Gasteiger partial charge on any atom is 0.430 e. The van der Waals surface area contributed by atoms with Crippen molar-refractivity contribution in [1.82, 2.24) is 0 Å². The number of halogens is 3. The van der Waals surface area contributed by atoms with E-state index in [1.807, 2.05) is 13.8 Å². The molecule has 0 saturated heterocycles. The molecule has 1 aliphatic heterocycles. The number of aliphatic carboxylic acids is 1. The summed E-state index contributed by atoms with van der Waals surface area (Å²) in [5.41, 5.74) is -0.494. The Labute approximate surface area is 158 Å². The maximum atomic E-state index is 13.0. The van der Waals surface area contributed by atoms with Crippen LogP contribution in [0.25, 0.3) is 6.08 Å². The molecule has 3 rings (SSSR count). The first kappa shape index (κ1) is 21.0. The number of carbonyl (C=O) groups excluding carboxylic acids is 1. The number of ketones is 1. The van der Waals surface area contributed by atoms with Gasteiger partial charge in [-0.25, -0.2) is 4.79 Å². The number of fused-ring (bicyclic) bond motifs is 1. The summed E-state index contributed by atoms with van der Waals surface area (Å²) in [6, 6.07) is 9.19. The maximum absolute atomic E-state index is 13.0. The summed E-state index contributed by atoms with van der Waals surface area (Å²) in [6.07, 6.45) is -6.61. The lowest BCUT2D eigenvalue weighted by atomic mass is 9.96. The Morgan fingerprint density at radius 2 is 1.57 bits per heavy atom. The molecule has 0 bridgehead atoms. The predicted molar refractivity (Wildman–Crippen MR) is 95.4 cm³/mol. The summed E-state index contributed by atoms with van der Waals surface area (Å²) < 4.78 is 43.8. The molecule has 148 valence electrons. The van der Waals surface area contributed by atoms with Crippen LogP contribution in [0.3, 0.4) is 0 Å². The SMILES string of the molecule is CC.O=C(O)C1=Cc2cc(C(=O)c3ccc(O)cc3)ccc2OC1C(F)(F)F. The van der Waals surface area contributed by atoms with E-state index in [1.165, 1.54) is 42.5 Å². The van der Waals surface area contributed by atoms with E-state index >= 15 is 0 Å². The van der Waals surface area contributed by atoms with Gasteiger partial charge in [0.05, 0.1) is 5.57 Å². The lowest BCUT2D eigenvalue weighted by Gasteiger charge is -2.27. The molecule has 0 aliphatic carbocycles. The molecule has 1 heterocycles. The Hall–Kier alpha value is -3.29. The molecular formula is C20H17F3O5. The van der Waals surface area contributed by atoms with Gasteiger partial charge in [0.25, 0.3) is 0 Å². The standard InChI is InChI=1S/C18H11F3O5.C2H6/c19-18(20,21)16-13(17(24)25)8-11-7-10(3-6-14(11)26-16)15(23)9-1-4-12(22)5-2-9;1-2/h1-8,16,22H,(H,24,25);1-2H3. The minimum absolute atomic E-state index is 0.0207. The molecule has 5 nitrogen and oxygen atoms in total. The molecule has 1 aliphatic rings. The topological polar surface area (TPSA) is 83.8 Å². The van der Waals surface area contributed by atoms with E-state index in [9.17, 15) is 27.9 Å². The number of hydrogen-bond donors (Lipinski definition) is 2. The number of aromatic hydroxyl groups is 1. The zero-order valence-corrected chi connectivity index (χ0v) is 14.9. The molecule has 28 heavy (non-hydrogen) atoms. The quantitative estimate of drug-likeness (QED) is 0.752. The van der Waals surface area contributed by atoms with Crippen molar-refractivity contribution < 1.29 is 37.7 Å². The molecule has 0 amide bonds. The summed E-state index contributed by atoms with van der Waals surface area (Å²) in [6.45, 7) is 4.00. The van der Waals surface area contributed by atoms with Crippen LogP contribution in [0.15, 0.2) is 48.0 Å². The Kier molecular flexibility index (Phi) is 6.12. The predicted octanol–water partition coefficient (Wildman–Crippen LogP) is 4.44. The van der Waals surface area contributed by atoms with E-state index in [0.717, 1.165) is 6.08 Å². The first-order valence-corrected chi connectivity index (χ1v) is 8.33. The fraction of sp³-hybridized carbons (Fsp3) is 0.200. The van der Waals surface area contributed by atoms with Crippen molar-refractivity contribution in [2.75, 3.05) is 0 Å². The van der Waals surface area contributed by atoms with Gasteiger partial charge in [-0.15, -0.1) is 0 Å². The van der Waals surface area contributed by atoms with Crippen LogP contribution in [0.1, 0.15) is 35.3 Å². The average Bonchev–Trinajstić information content (AvgIpc) is 2.67. The summed E-state index contributed by atoms with van der Waals surface area (Å²) in [7, 11) is 0. The number of carbonyl (C=O) groups is 2. The normalized spacial score (nSPS) is 15.3. The summed E-state index contributed by atoms with van der Waals surface area (Å²) in [5.74, 6) is -2.38. The van der Waals surface area contributed by atoms with Gasteiger partial charge >= 0.3 is 12.1 Å². The van der Waals surface area contributed by atoms with Gasteiger partial charge < -0.3 is 14.9 Å². The zero-order valence-electron chi connectivity index (χ0n) is 14.9. The van der Waals surface area contributed by atoms with E-state index in [0.29, 0.717) is 0 Å². The van der Waals surface area contributed by atoms with Crippen LogP contribution in [0.4, 0.5) is 13.2 Å². The van der Waals surface area contributed by atoms with Crippen LogP contribution in [0.5, 0.6) is 11.5 Å². The fourth-order valence-corrected chi connectivity index (χ4v) is 2.54. The molecule has 0 spiro atoms. The number of hydrogen-bond acceptors (Lipinski definition) is 4. The van der Waals surface area contributed by atoms with E-state index in [-0.39, 0.29) is 28.2 Å². The number of phenolic OH excluding ortho intramolecular Hbond substituents is 1. The van der Waals surface area contributed by atoms with E-state index in [2.05, 4.69) is 0 Å². The van der Waals surface area contributed by atoms with Crippen molar-refractivity contribution in [2.24, 2.45) is 0 Å². The molecule has 2 aromatic carbocycles. The van der Waals surface area contributed by atoms with E-state index < -0.39 is 29.6 Å². The molecule has 0 fully saturated rings. The van der Waals surface area contributed by atoms with Gasteiger partial charge in [0.2, 0.25) is 6.10 Å². The number of benzene rings is 2. The monoisotopic (exact) mass is 394 g/mol. The third-order valence-corrected chi connectivity index (χ3v) is 3.78. The first-order valence-electron chi connectivity index (χ1n) is 8.33. The lowest BCUT2D eigenvalue weighted by molar-refractivity contribution is -0.187. The number of rotatable bonds is 3. The van der Waals surface area contributed by atoms with Crippen molar-refractivity contribution >= 4 is 17.8 Å². The molecule has 2 aromatic rings. The van der Waals surface area contributed by atoms with Gasteiger partial charge in [0.1, 0.15) is 11.5 Å². The molecular weight excluding hydrogens is 377 g/mol. The Balaban J connectivity index is 0.00000136. The van der Waals surface area contributed by atoms with E-state index in [1.54, 1.807) is 0 Å². The summed E-state index contributed by atoms with van der Waals surface area (Å²) >= 11 is 0. The fourth-order valence-electron chi connectivity index (χ4n) is 2.54. The van der Waals surface area contributed by atoms with E-state index in [4.69, 9.17) is 9.84 Å². The molecule has 0 radical (unpaired) electrons. The van der Waals surface area contributed by atoms with Crippen molar-refractivity contribution in [3.63, 3.8) is 0 Å². The van der Waals surface area contributed by atoms with Crippen LogP contribution < -0.4 is 4.74 Å². The number of carboxylic acids is 1. The lowest BCUT2D eigenvalue weighted by Crippen LogP contribution is -2.40. The third kappa shape index (κ3) is 4.33. The highest BCUT2D eigenvalue weighted by Crippen LogP contribution is 2.37. The highest BCUT2D eigenvalue weighted by molar-refractivity contribution is 6.09. The Bertz CT molecular complexity index is 914. The highest BCUT2D eigenvalue weighted by Gasteiger charge is 2.48. The highest BCUT2D eigenvalue weighted by atomic mass is 19.4. The largest absolute Gasteiger partial charge is 0.508 e. The van der Waals surface area contributed by atoms with Crippen LogP contribution in [-0.2, 0) is 4.79 Å². The number of phenols is 1. The van der Waals surface area contributed by atoms with Gasteiger partial charge in [-0.1, -0.05) is 13.8 Å². The van der Waals surface area contributed by atoms with Crippen LogP contribution in [0, 0.1) is 0 Å². The van der Waals surface area contributed by atoms with Gasteiger partial charge in [0, 0.05) is 16.7 Å². The zero-order chi connectivity index (χ0) is 21.1. The second-order valence-corrected chi connectivity index (χ2v) is 5.57. The minimum Gasteiger partial charge on any atom is -0.508 e. The number of alkyl halides is 3. The Morgan fingerprint density at radius 1 is 1.00 bits per heavy atom. The summed E-state index contributed by atoms with van der Waals surface area (Å²) in [4.78, 5) is 23.6. The Morgan fingerprint density at radius 3 is 2.11 bits per heavy atom. The van der Waals surface area contributed by atoms with Gasteiger partial charge in [0.15, 0.2) is 5.78 Å². The van der Waals surface area contributed by atoms with Crippen LogP contribution in [-0.4, -0.2) is 34.2 Å². The molecule has 0 saturated carbocycles. The van der Waals surface area contributed by atoms with Gasteiger partial charge in [-0.05, 0) is 48.5 Å². The summed E-state index contributed by atoms with van der Waals surface area (Å²) in [5, 5.41) is 18.3. The molecule has 1 atom stereocenters. The van der Waals surface area contributed by atoms with Crippen LogP contribution >= 0.6 is 0 Å². The molecule has 2 N–H and O–H groups in total.